The minimum Gasteiger partial charge on any atom is -0.396 e. The molecular weight excluding hydrogens is 440 g/mol. The molecule has 1 aliphatic heterocycles. The molecule has 6 heteroatoms. The maximum absolute atomic E-state index is 9.40. The summed E-state index contributed by atoms with van der Waals surface area (Å²) < 4.78 is 0. The summed E-state index contributed by atoms with van der Waals surface area (Å²) in [6.45, 7) is 3.40. The van der Waals surface area contributed by atoms with E-state index in [0.717, 1.165) is 59.6 Å². The average molecular weight is 469 g/mol. The van der Waals surface area contributed by atoms with Crippen LogP contribution in [-0.4, -0.2) is 39.7 Å². The fraction of sp³-hybridized carbons (Fsp3) is 0.250. The molecule has 0 radical (unpaired) electrons. The Morgan fingerprint density at radius 1 is 1.06 bits per heavy atom. The van der Waals surface area contributed by atoms with E-state index in [1.165, 1.54) is 21.4 Å². The molecule has 5 nitrogen and oxygen atoms in total. The number of piperidine rings is 1. The van der Waals surface area contributed by atoms with Gasteiger partial charge in [-0.2, -0.15) is 0 Å². The van der Waals surface area contributed by atoms with E-state index in [9.17, 15) is 5.11 Å². The first-order chi connectivity index (χ1) is 16.7. The van der Waals surface area contributed by atoms with Crippen LogP contribution < -0.4 is 5.32 Å². The van der Waals surface area contributed by atoms with Crippen molar-refractivity contribution in [2.45, 2.75) is 19.4 Å². The van der Waals surface area contributed by atoms with E-state index in [-0.39, 0.29) is 0 Å². The third-order valence-electron chi connectivity index (χ3n) is 6.85. The molecule has 0 unspecified atom stereocenters. The summed E-state index contributed by atoms with van der Waals surface area (Å²) in [5.74, 6) is 0.473. The average Bonchev–Trinajstić information content (AvgIpc) is 3.52. The molecule has 172 valence electrons. The molecule has 0 amide bonds. The Labute approximate surface area is 203 Å². The second-order valence-corrected chi connectivity index (χ2v) is 10.2. The fourth-order valence-corrected chi connectivity index (χ4v) is 5.91. The number of rotatable bonds is 6. The number of nitrogens with one attached hydrogen (secondary N) is 2. The van der Waals surface area contributed by atoms with Gasteiger partial charge in [0.25, 0.3) is 0 Å². The van der Waals surface area contributed by atoms with Gasteiger partial charge in [-0.25, -0.2) is 4.98 Å². The first-order valence-corrected chi connectivity index (χ1v) is 12.7. The van der Waals surface area contributed by atoms with Gasteiger partial charge in [0.05, 0.1) is 5.69 Å². The van der Waals surface area contributed by atoms with E-state index < -0.39 is 0 Å². The summed E-state index contributed by atoms with van der Waals surface area (Å²) in [5.41, 5.74) is 5.86. The molecule has 1 fully saturated rings. The zero-order chi connectivity index (χ0) is 22.9. The van der Waals surface area contributed by atoms with Gasteiger partial charge in [0.2, 0.25) is 0 Å². The first kappa shape index (κ1) is 21.4. The molecule has 0 spiro atoms. The molecule has 3 N–H and O–H groups in total. The molecule has 2 aromatic carbocycles. The molecule has 4 heterocycles. The lowest BCUT2D eigenvalue weighted by Gasteiger charge is -2.31. The number of pyridine rings is 1. The third-order valence-corrected chi connectivity index (χ3v) is 7.94. The number of aromatic amines is 1. The van der Waals surface area contributed by atoms with Gasteiger partial charge in [-0.05, 0) is 85.4 Å². The Kier molecular flexibility index (Phi) is 5.79. The van der Waals surface area contributed by atoms with Crippen molar-refractivity contribution in [3.05, 3.63) is 78.6 Å². The topological polar surface area (TPSA) is 64.2 Å². The molecule has 3 aromatic heterocycles. The SMILES string of the molecule is OCC1CCN(Cc2cccc(-c3cc4c(Nc5ccc6[nH]ccc6c5)ccnc4s3)c2)CC1. The number of aromatic nitrogens is 2. The second kappa shape index (κ2) is 9.22. The smallest absolute Gasteiger partial charge is 0.125 e. The van der Waals surface area contributed by atoms with Crippen molar-refractivity contribution in [2.75, 3.05) is 25.0 Å². The van der Waals surface area contributed by atoms with E-state index in [4.69, 9.17) is 0 Å². The van der Waals surface area contributed by atoms with E-state index >= 15 is 0 Å². The highest BCUT2D eigenvalue weighted by molar-refractivity contribution is 7.21. The van der Waals surface area contributed by atoms with Crippen molar-refractivity contribution in [3.63, 3.8) is 0 Å². The van der Waals surface area contributed by atoms with Crippen LogP contribution in [0.15, 0.2) is 73.1 Å². The van der Waals surface area contributed by atoms with Gasteiger partial charge in [-0.3, -0.25) is 4.90 Å². The maximum Gasteiger partial charge on any atom is 0.125 e. The summed E-state index contributed by atoms with van der Waals surface area (Å²) in [6, 6.07) is 21.7. The van der Waals surface area contributed by atoms with Gasteiger partial charge in [-0.1, -0.05) is 18.2 Å². The van der Waals surface area contributed by atoms with Crippen LogP contribution in [0.5, 0.6) is 0 Å². The molecule has 5 aromatic rings. The van der Waals surface area contributed by atoms with Crippen LogP contribution in [0, 0.1) is 5.92 Å². The standard InChI is InChI=1S/C28H28N4OS/c33-18-19-8-12-32(13-9-19)17-20-2-1-3-22(14-20)27-16-24-26(7-11-30-28(24)34-27)31-23-4-5-25-21(15-23)6-10-29-25/h1-7,10-11,14-16,19,29,33H,8-9,12-13,17-18H2,(H,30,31). The number of thiophene rings is 1. The Morgan fingerprint density at radius 3 is 2.85 bits per heavy atom. The Hall–Kier alpha value is -3.19. The Balaban J connectivity index is 1.24. The number of aliphatic hydroxyl groups is 1. The van der Waals surface area contributed by atoms with Gasteiger partial charge < -0.3 is 15.4 Å². The fourth-order valence-electron chi connectivity index (χ4n) is 4.89. The second-order valence-electron chi connectivity index (χ2n) is 9.20. The molecule has 1 aliphatic rings. The molecule has 0 atom stereocenters. The van der Waals surface area contributed by atoms with Crippen molar-refractivity contribution >= 4 is 43.8 Å². The van der Waals surface area contributed by atoms with E-state index in [1.54, 1.807) is 11.3 Å². The van der Waals surface area contributed by atoms with Gasteiger partial charge in [0.15, 0.2) is 0 Å². The Bertz CT molecular complexity index is 1430. The van der Waals surface area contributed by atoms with Crippen LogP contribution in [0.3, 0.4) is 0 Å². The van der Waals surface area contributed by atoms with Crippen molar-refractivity contribution in [3.8, 4) is 10.4 Å². The lowest BCUT2D eigenvalue weighted by atomic mass is 9.97. The molecule has 0 aliphatic carbocycles. The van der Waals surface area contributed by atoms with Crippen molar-refractivity contribution in [1.29, 1.82) is 0 Å². The van der Waals surface area contributed by atoms with E-state index in [1.807, 2.05) is 18.5 Å². The van der Waals surface area contributed by atoms with E-state index in [0.29, 0.717) is 12.5 Å². The number of hydrogen-bond donors (Lipinski definition) is 3. The van der Waals surface area contributed by atoms with Crippen LogP contribution in [0.1, 0.15) is 18.4 Å². The van der Waals surface area contributed by atoms with Crippen LogP contribution in [0.4, 0.5) is 11.4 Å². The molecule has 1 saturated heterocycles. The van der Waals surface area contributed by atoms with Crippen LogP contribution in [-0.2, 0) is 6.54 Å². The quantitative estimate of drug-likeness (QED) is 0.270. The van der Waals surface area contributed by atoms with Gasteiger partial charge in [-0.15, -0.1) is 11.3 Å². The number of H-pyrrole nitrogens is 1. The monoisotopic (exact) mass is 468 g/mol. The minimum atomic E-state index is 0.320. The number of aliphatic hydroxyl groups excluding tert-OH is 1. The summed E-state index contributed by atoms with van der Waals surface area (Å²) in [5, 5.41) is 15.3. The first-order valence-electron chi connectivity index (χ1n) is 11.9. The van der Waals surface area contributed by atoms with E-state index in [2.05, 4.69) is 74.8 Å². The molecule has 0 bridgehead atoms. The number of anilines is 2. The minimum absolute atomic E-state index is 0.320. The van der Waals surface area contributed by atoms with Crippen LogP contribution in [0.2, 0.25) is 0 Å². The Morgan fingerprint density at radius 2 is 1.97 bits per heavy atom. The summed E-state index contributed by atoms with van der Waals surface area (Å²) in [7, 11) is 0. The predicted molar refractivity (Wildman–Crippen MR) is 142 cm³/mol. The summed E-state index contributed by atoms with van der Waals surface area (Å²) in [4.78, 5) is 12.7. The van der Waals surface area contributed by atoms with Crippen LogP contribution in [0.25, 0.3) is 31.6 Å². The maximum atomic E-state index is 9.40. The van der Waals surface area contributed by atoms with Gasteiger partial charge >= 0.3 is 0 Å². The number of fused-ring (bicyclic) bond motifs is 2. The largest absolute Gasteiger partial charge is 0.396 e. The molecule has 6 rings (SSSR count). The van der Waals surface area contributed by atoms with Gasteiger partial charge in [0, 0.05) is 52.4 Å². The number of benzene rings is 2. The van der Waals surface area contributed by atoms with Crippen molar-refractivity contribution in [1.82, 2.24) is 14.9 Å². The number of nitrogens with zero attached hydrogens (tertiary/aromatic N) is 2. The zero-order valence-electron chi connectivity index (χ0n) is 19.0. The lowest BCUT2D eigenvalue weighted by molar-refractivity contribution is 0.127. The number of likely N-dealkylation sites (tertiary alicyclic amines) is 1. The molecule has 34 heavy (non-hydrogen) atoms. The van der Waals surface area contributed by atoms with Crippen molar-refractivity contribution in [2.24, 2.45) is 5.92 Å². The highest BCUT2D eigenvalue weighted by Crippen LogP contribution is 2.37. The lowest BCUT2D eigenvalue weighted by Crippen LogP contribution is -2.34. The van der Waals surface area contributed by atoms with Gasteiger partial charge in [0.1, 0.15) is 4.83 Å². The zero-order valence-corrected chi connectivity index (χ0v) is 19.8. The van der Waals surface area contributed by atoms with Crippen molar-refractivity contribution < 1.29 is 5.11 Å². The molecule has 0 saturated carbocycles. The summed E-state index contributed by atoms with van der Waals surface area (Å²) in [6.07, 6.45) is 6.03. The molecular formula is C28H28N4OS. The normalized spacial score (nSPS) is 15.3. The number of hydrogen-bond acceptors (Lipinski definition) is 5. The summed E-state index contributed by atoms with van der Waals surface area (Å²) >= 11 is 1.74. The highest BCUT2D eigenvalue weighted by Gasteiger charge is 2.18. The predicted octanol–water partition coefficient (Wildman–Crippen LogP) is 6.39. The van der Waals surface area contributed by atoms with Crippen LogP contribution >= 0.6 is 11.3 Å². The highest BCUT2D eigenvalue weighted by atomic mass is 32.1. The third kappa shape index (κ3) is 4.32.